The van der Waals surface area contributed by atoms with E-state index in [1.165, 1.54) is 0 Å². The van der Waals surface area contributed by atoms with Gasteiger partial charge in [-0.2, -0.15) is 5.26 Å². The first-order valence-electron chi connectivity index (χ1n) is 10.4. The van der Waals surface area contributed by atoms with E-state index in [4.69, 9.17) is 20.4 Å². The third-order valence-corrected chi connectivity index (χ3v) is 5.99. The number of aromatic nitrogens is 4. The summed E-state index contributed by atoms with van der Waals surface area (Å²) in [5, 5.41) is 20.2. The Kier molecular flexibility index (Phi) is 5.48. The minimum absolute atomic E-state index is 0.133. The molecule has 3 aromatic heterocycles. The molecule has 32 heavy (non-hydrogen) atoms. The molecule has 0 aromatic carbocycles. The van der Waals surface area contributed by atoms with Crippen molar-refractivity contribution in [3.05, 3.63) is 36.2 Å². The van der Waals surface area contributed by atoms with E-state index in [9.17, 15) is 10.4 Å². The maximum Gasteiger partial charge on any atom is 0.158 e. The van der Waals surface area contributed by atoms with Gasteiger partial charge in [-0.1, -0.05) is 0 Å². The number of aryl methyl sites for hydroxylation is 1. The first-order valence-corrected chi connectivity index (χ1v) is 10.4. The average Bonchev–Trinajstić information content (AvgIpc) is 3.42. The van der Waals surface area contributed by atoms with Gasteiger partial charge in [0.1, 0.15) is 34.6 Å². The summed E-state index contributed by atoms with van der Waals surface area (Å²) in [4.78, 5) is 16.0. The number of nitriles is 1. The first kappa shape index (κ1) is 21.6. The Morgan fingerprint density at radius 3 is 2.62 bits per heavy atom. The van der Waals surface area contributed by atoms with Crippen LogP contribution in [-0.4, -0.2) is 50.4 Å². The van der Waals surface area contributed by atoms with Gasteiger partial charge in [0.2, 0.25) is 0 Å². The second-order valence-electron chi connectivity index (χ2n) is 8.63. The fourth-order valence-corrected chi connectivity index (χ4v) is 4.03. The molecule has 0 spiro atoms. The van der Waals surface area contributed by atoms with E-state index < -0.39 is 5.60 Å². The smallest absolute Gasteiger partial charge is 0.158 e. The largest absolute Gasteiger partial charge is 0.497 e. The van der Waals surface area contributed by atoms with Gasteiger partial charge in [0.15, 0.2) is 5.82 Å². The summed E-state index contributed by atoms with van der Waals surface area (Å²) < 4.78 is 7.36. The molecule has 1 unspecified atom stereocenters. The molecule has 4 rings (SSSR count). The number of nitrogen functional groups attached to an aromatic ring is 1. The Bertz CT molecular complexity index is 1190. The summed E-state index contributed by atoms with van der Waals surface area (Å²) >= 11 is 0. The number of imidazole rings is 1. The molecule has 4 heterocycles. The zero-order valence-corrected chi connectivity index (χ0v) is 18.7. The predicted octanol–water partition coefficient (Wildman–Crippen LogP) is 2.60. The normalized spacial score (nSPS) is 16.2. The van der Waals surface area contributed by atoms with E-state index in [0.717, 1.165) is 13.0 Å². The van der Waals surface area contributed by atoms with Crippen molar-refractivity contribution in [3.63, 3.8) is 0 Å². The number of methoxy groups -OCH3 is 1. The van der Waals surface area contributed by atoms with Gasteiger partial charge >= 0.3 is 0 Å². The Morgan fingerprint density at radius 1 is 1.25 bits per heavy atom. The molecule has 1 aliphatic rings. The van der Waals surface area contributed by atoms with E-state index in [2.05, 4.69) is 16.0 Å². The van der Waals surface area contributed by atoms with Crippen molar-refractivity contribution in [1.29, 1.82) is 5.26 Å². The highest BCUT2D eigenvalue weighted by atomic mass is 16.5. The molecule has 0 bridgehead atoms. The summed E-state index contributed by atoms with van der Waals surface area (Å²) in [5.74, 6) is 2.08. The fourth-order valence-electron chi connectivity index (χ4n) is 4.03. The molecule has 3 aromatic rings. The number of hydrogen-bond donors (Lipinski definition) is 2. The number of ether oxygens (including phenoxy) is 1. The number of rotatable bonds is 5. The average molecular weight is 434 g/mol. The third-order valence-electron chi connectivity index (χ3n) is 5.99. The van der Waals surface area contributed by atoms with Gasteiger partial charge in [0.05, 0.1) is 24.1 Å². The lowest BCUT2D eigenvalue weighted by molar-refractivity contribution is 0.0263. The van der Waals surface area contributed by atoms with Gasteiger partial charge in [-0.3, -0.25) is 0 Å². The second kappa shape index (κ2) is 8.13. The minimum Gasteiger partial charge on any atom is -0.497 e. The zero-order chi connectivity index (χ0) is 23.0. The van der Waals surface area contributed by atoms with Crippen molar-refractivity contribution in [2.45, 2.75) is 25.9 Å². The highest BCUT2D eigenvalue weighted by Crippen LogP contribution is 2.35. The molecule has 1 saturated heterocycles. The van der Waals surface area contributed by atoms with Crippen LogP contribution in [0, 0.1) is 17.2 Å². The number of anilines is 2. The highest BCUT2D eigenvalue weighted by Gasteiger charge is 2.34. The summed E-state index contributed by atoms with van der Waals surface area (Å²) in [6.45, 7) is 5.11. The summed E-state index contributed by atoms with van der Waals surface area (Å²) in [6, 6.07) is 7.42. The van der Waals surface area contributed by atoms with Crippen LogP contribution in [0.15, 0.2) is 30.6 Å². The van der Waals surface area contributed by atoms with Crippen molar-refractivity contribution in [1.82, 2.24) is 19.5 Å². The SMILES string of the molecule is COc1cc(-c2nc(-c3nccn3C)cc(N)c2C#N)nc(N2CCC(C(C)(C)O)C2)c1. The van der Waals surface area contributed by atoms with E-state index in [1.54, 1.807) is 25.4 Å². The molecule has 1 atom stereocenters. The molecule has 0 saturated carbocycles. The van der Waals surface area contributed by atoms with Gasteiger partial charge in [-0.05, 0) is 26.3 Å². The standard InChI is InChI=1S/C23H27N7O2/c1-23(2,31)14-5-7-30(13-14)20-10-15(32-4)9-18(27-20)21-16(12-24)17(25)11-19(28-21)22-26-6-8-29(22)3/h6,8-11,14,31H,5,7,13H2,1-4H3,(H2,25,28). The number of pyridine rings is 2. The molecule has 0 aliphatic carbocycles. The Hall–Kier alpha value is -3.64. The Balaban J connectivity index is 1.82. The van der Waals surface area contributed by atoms with E-state index in [0.29, 0.717) is 46.7 Å². The zero-order valence-electron chi connectivity index (χ0n) is 18.7. The number of nitrogens with two attached hydrogens (primary N) is 1. The molecule has 0 amide bonds. The molecular weight excluding hydrogens is 406 g/mol. The Labute approximate surface area is 187 Å². The van der Waals surface area contributed by atoms with E-state index >= 15 is 0 Å². The lowest BCUT2D eigenvalue weighted by Gasteiger charge is -2.26. The van der Waals surface area contributed by atoms with Crippen molar-refractivity contribution >= 4 is 11.5 Å². The number of hydrogen-bond acceptors (Lipinski definition) is 8. The van der Waals surface area contributed by atoms with Gasteiger partial charge in [0, 0.05) is 50.6 Å². The van der Waals surface area contributed by atoms with Crippen molar-refractivity contribution in [2.24, 2.45) is 13.0 Å². The quantitative estimate of drug-likeness (QED) is 0.629. The molecule has 9 nitrogen and oxygen atoms in total. The lowest BCUT2D eigenvalue weighted by atomic mass is 9.90. The molecule has 166 valence electrons. The van der Waals surface area contributed by atoms with Gasteiger partial charge < -0.3 is 25.0 Å². The van der Waals surface area contributed by atoms with Crippen molar-refractivity contribution in [2.75, 3.05) is 30.8 Å². The minimum atomic E-state index is -0.767. The monoisotopic (exact) mass is 433 g/mol. The van der Waals surface area contributed by atoms with Gasteiger partial charge in [-0.25, -0.2) is 15.0 Å². The maximum absolute atomic E-state index is 10.4. The van der Waals surface area contributed by atoms with Crippen LogP contribution < -0.4 is 15.4 Å². The fraction of sp³-hybridized carbons (Fsp3) is 0.391. The summed E-state index contributed by atoms with van der Waals surface area (Å²) in [6.07, 6.45) is 4.36. The molecule has 3 N–H and O–H groups in total. The van der Waals surface area contributed by atoms with Crippen molar-refractivity contribution < 1.29 is 9.84 Å². The van der Waals surface area contributed by atoms with E-state index in [1.807, 2.05) is 37.7 Å². The number of nitrogens with zero attached hydrogens (tertiary/aromatic N) is 6. The molecular formula is C23H27N7O2. The van der Waals surface area contributed by atoms with Crippen molar-refractivity contribution in [3.8, 4) is 34.7 Å². The van der Waals surface area contributed by atoms with Crippen LogP contribution in [0.4, 0.5) is 11.5 Å². The van der Waals surface area contributed by atoms with Crippen LogP contribution in [0.5, 0.6) is 5.75 Å². The molecule has 1 aliphatic heterocycles. The van der Waals surface area contributed by atoms with E-state index in [-0.39, 0.29) is 11.5 Å². The maximum atomic E-state index is 10.4. The highest BCUT2D eigenvalue weighted by molar-refractivity contribution is 5.77. The lowest BCUT2D eigenvalue weighted by Crippen LogP contribution is -2.33. The molecule has 1 fully saturated rings. The molecule has 0 radical (unpaired) electrons. The summed E-state index contributed by atoms with van der Waals surface area (Å²) in [7, 11) is 3.45. The van der Waals surface area contributed by atoms with Crippen LogP contribution in [-0.2, 0) is 7.05 Å². The van der Waals surface area contributed by atoms with Crippen LogP contribution in [0.25, 0.3) is 22.9 Å². The first-order chi connectivity index (χ1) is 15.2. The van der Waals surface area contributed by atoms with Crippen LogP contribution in [0.1, 0.15) is 25.8 Å². The van der Waals surface area contributed by atoms with Crippen LogP contribution in [0.3, 0.4) is 0 Å². The topological polar surface area (TPSA) is 126 Å². The Morgan fingerprint density at radius 2 is 2.03 bits per heavy atom. The molecule has 9 heteroatoms. The third kappa shape index (κ3) is 3.97. The predicted molar refractivity (Wildman–Crippen MR) is 122 cm³/mol. The van der Waals surface area contributed by atoms with Gasteiger partial charge in [0.25, 0.3) is 0 Å². The second-order valence-corrected chi connectivity index (χ2v) is 8.63. The van der Waals surface area contributed by atoms with Gasteiger partial charge in [-0.15, -0.1) is 0 Å². The number of aliphatic hydroxyl groups is 1. The van der Waals surface area contributed by atoms with Crippen LogP contribution >= 0.6 is 0 Å². The van der Waals surface area contributed by atoms with Crippen LogP contribution in [0.2, 0.25) is 0 Å². The summed E-state index contributed by atoms with van der Waals surface area (Å²) in [5.41, 5.74) is 7.45.